The summed E-state index contributed by atoms with van der Waals surface area (Å²) in [6.45, 7) is 2.58. The molecule has 1 saturated heterocycles. The van der Waals surface area contributed by atoms with Gasteiger partial charge in [0.25, 0.3) is 5.91 Å². The van der Waals surface area contributed by atoms with Gasteiger partial charge in [0, 0.05) is 36.8 Å². The van der Waals surface area contributed by atoms with E-state index >= 15 is 0 Å². The minimum atomic E-state index is -0.0280. The fourth-order valence-electron chi connectivity index (χ4n) is 3.11. The second-order valence-corrected chi connectivity index (χ2v) is 5.89. The molecule has 1 amide bonds. The molecular formula is C17H17N5O2. The van der Waals surface area contributed by atoms with Crippen LogP contribution in [0.2, 0.25) is 0 Å². The molecule has 0 unspecified atom stereocenters. The largest absolute Gasteiger partial charge is 0.361 e. The van der Waals surface area contributed by atoms with Crippen molar-refractivity contribution in [1.82, 2.24) is 24.6 Å². The number of carbonyl (C=O) groups is 1. The predicted octanol–water partition coefficient (Wildman–Crippen LogP) is 2.54. The van der Waals surface area contributed by atoms with Crippen LogP contribution in [0.4, 0.5) is 0 Å². The maximum absolute atomic E-state index is 13.0. The summed E-state index contributed by atoms with van der Waals surface area (Å²) in [6, 6.07) is 5.40. The average molecular weight is 323 g/mol. The summed E-state index contributed by atoms with van der Waals surface area (Å²) in [5.74, 6) is 1.42. The van der Waals surface area contributed by atoms with Crippen molar-refractivity contribution in [3.63, 3.8) is 0 Å². The van der Waals surface area contributed by atoms with Gasteiger partial charge >= 0.3 is 0 Å². The Morgan fingerprint density at radius 2 is 2.25 bits per heavy atom. The number of aromatic nitrogens is 4. The molecule has 1 fully saturated rings. The Bertz CT molecular complexity index is 856. The SMILES string of the molecule is Cc1cc([C@H]2CCCN2C(=O)c2ccnc(-n3ccnc3)c2)no1. The predicted molar refractivity (Wildman–Crippen MR) is 85.6 cm³/mol. The van der Waals surface area contributed by atoms with E-state index in [0.717, 1.165) is 30.8 Å². The van der Waals surface area contributed by atoms with E-state index in [0.29, 0.717) is 11.4 Å². The lowest BCUT2D eigenvalue weighted by molar-refractivity contribution is 0.0730. The smallest absolute Gasteiger partial charge is 0.254 e. The zero-order valence-electron chi connectivity index (χ0n) is 13.3. The second-order valence-electron chi connectivity index (χ2n) is 5.89. The first kappa shape index (κ1) is 14.6. The summed E-state index contributed by atoms with van der Waals surface area (Å²) in [5.41, 5.74) is 1.43. The van der Waals surface area contributed by atoms with Crippen molar-refractivity contribution >= 4 is 5.91 Å². The van der Waals surface area contributed by atoms with Crippen LogP contribution in [0.1, 0.15) is 40.7 Å². The lowest BCUT2D eigenvalue weighted by atomic mass is 10.1. The van der Waals surface area contributed by atoms with Crippen molar-refractivity contribution in [2.75, 3.05) is 6.54 Å². The van der Waals surface area contributed by atoms with Crippen LogP contribution in [0.25, 0.3) is 5.82 Å². The fraction of sp³-hybridized carbons (Fsp3) is 0.294. The summed E-state index contributed by atoms with van der Waals surface area (Å²) in [7, 11) is 0. The van der Waals surface area contributed by atoms with Gasteiger partial charge in [0.15, 0.2) is 0 Å². The Labute approximate surface area is 138 Å². The third-order valence-electron chi connectivity index (χ3n) is 4.26. The van der Waals surface area contributed by atoms with Crippen molar-refractivity contribution in [2.45, 2.75) is 25.8 Å². The number of imidazole rings is 1. The van der Waals surface area contributed by atoms with Crippen LogP contribution in [0, 0.1) is 6.92 Å². The van der Waals surface area contributed by atoms with Crippen molar-refractivity contribution in [2.24, 2.45) is 0 Å². The highest BCUT2D eigenvalue weighted by atomic mass is 16.5. The Morgan fingerprint density at radius 1 is 1.33 bits per heavy atom. The molecule has 122 valence electrons. The van der Waals surface area contributed by atoms with Gasteiger partial charge in [0.2, 0.25) is 0 Å². The summed E-state index contributed by atoms with van der Waals surface area (Å²) in [4.78, 5) is 23.1. The van der Waals surface area contributed by atoms with E-state index < -0.39 is 0 Å². The van der Waals surface area contributed by atoms with Gasteiger partial charge in [-0.1, -0.05) is 5.16 Å². The highest BCUT2D eigenvalue weighted by Crippen LogP contribution is 2.32. The molecular weight excluding hydrogens is 306 g/mol. The van der Waals surface area contributed by atoms with Gasteiger partial charge in [-0.3, -0.25) is 9.36 Å². The molecule has 1 aliphatic heterocycles. The Balaban J connectivity index is 1.62. The fourth-order valence-corrected chi connectivity index (χ4v) is 3.11. The standard InChI is InChI=1S/C17H17N5O2/c1-12-9-14(20-24-12)15-3-2-7-22(15)17(23)13-4-5-19-16(10-13)21-8-6-18-11-21/h4-6,8-11,15H,2-3,7H2,1H3/t15-/m1/s1. The maximum Gasteiger partial charge on any atom is 0.254 e. The molecule has 4 rings (SSSR count). The molecule has 0 aromatic carbocycles. The van der Waals surface area contributed by atoms with Crippen LogP contribution in [-0.2, 0) is 0 Å². The lowest BCUT2D eigenvalue weighted by Gasteiger charge is -2.23. The third-order valence-corrected chi connectivity index (χ3v) is 4.26. The highest BCUT2D eigenvalue weighted by Gasteiger charge is 2.32. The molecule has 0 N–H and O–H groups in total. The zero-order valence-corrected chi connectivity index (χ0v) is 13.3. The molecule has 0 spiro atoms. The number of rotatable bonds is 3. The van der Waals surface area contributed by atoms with E-state index in [1.165, 1.54) is 0 Å². The normalized spacial score (nSPS) is 17.4. The summed E-state index contributed by atoms with van der Waals surface area (Å²) in [5, 5.41) is 4.09. The molecule has 0 aliphatic carbocycles. The molecule has 7 heteroatoms. The number of nitrogens with zero attached hydrogens (tertiary/aromatic N) is 5. The lowest BCUT2D eigenvalue weighted by Crippen LogP contribution is -2.30. The number of pyridine rings is 1. The van der Waals surface area contributed by atoms with Gasteiger partial charge in [-0.2, -0.15) is 0 Å². The first-order valence-corrected chi connectivity index (χ1v) is 7.91. The van der Waals surface area contributed by atoms with E-state index in [4.69, 9.17) is 4.52 Å². The molecule has 7 nitrogen and oxygen atoms in total. The van der Waals surface area contributed by atoms with E-state index in [1.807, 2.05) is 17.9 Å². The van der Waals surface area contributed by atoms with Gasteiger partial charge < -0.3 is 9.42 Å². The van der Waals surface area contributed by atoms with Crippen LogP contribution >= 0.6 is 0 Å². The molecule has 1 aliphatic rings. The van der Waals surface area contributed by atoms with Crippen molar-refractivity contribution in [3.05, 3.63) is 60.1 Å². The third kappa shape index (κ3) is 2.58. The van der Waals surface area contributed by atoms with Crippen molar-refractivity contribution in [3.8, 4) is 5.82 Å². The van der Waals surface area contributed by atoms with E-state index in [9.17, 15) is 4.79 Å². The minimum absolute atomic E-state index is 0.0121. The van der Waals surface area contributed by atoms with Crippen LogP contribution in [0.15, 0.2) is 47.6 Å². The molecule has 3 aromatic rings. The van der Waals surface area contributed by atoms with E-state index in [-0.39, 0.29) is 11.9 Å². The first-order chi connectivity index (χ1) is 11.7. The quantitative estimate of drug-likeness (QED) is 0.740. The van der Waals surface area contributed by atoms with Gasteiger partial charge in [-0.05, 0) is 31.9 Å². The Morgan fingerprint density at radius 3 is 3.00 bits per heavy atom. The number of hydrogen-bond acceptors (Lipinski definition) is 5. The second kappa shape index (κ2) is 5.92. The number of aryl methyl sites for hydroxylation is 1. The number of likely N-dealkylation sites (tertiary alicyclic amines) is 1. The molecule has 24 heavy (non-hydrogen) atoms. The van der Waals surface area contributed by atoms with E-state index in [2.05, 4.69) is 15.1 Å². The number of carbonyl (C=O) groups excluding carboxylic acids is 1. The molecule has 0 saturated carbocycles. The van der Waals surface area contributed by atoms with Crippen molar-refractivity contribution in [1.29, 1.82) is 0 Å². The molecule has 4 heterocycles. The number of amides is 1. The van der Waals surface area contributed by atoms with Gasteiger partial charge in [-0.25, -0.2) is 9.97 Å². The number of hydrogen-bond donors (Lipinski definition) is 0. The van der Waals surface area contributed by atoms with Crippen LogP contribution in [0.5, 0.6) is 0 Å². The van der Waals surface area contributed by atoms with Gasteiger partial charge in [0.05, 0.1) is 6.04 Å². The molecule has 1 atom stereocenters. The molecule has 3 aromatic heterocycles. The van der Waals surface area contributed by atoms with Gasteiger partial charge in [-0.15, -0.1) is 0 Å². The van der Waals surface area contributed by atoms with Crippen LogP contribution in [0.3, 0.4) is 0 Å². The Kier molecular flexibility index (Phi) is 3.60. The van der Waals surface area contributed by atoms with Gasteiger partial charge in [0.1, 0.15) is 23.6 Å². The molecule has 0 radical (unpaired) electrons. The zero-order chi connectivity index (χ0) is 16.5. The average Bonchev–Trinajstić information content (AvgIpc) is 3.35. The first-order valence-electron chi connectivity index (χ1n) is 7.91. The summed E-state index contributed by atoms with van der Waals surface area (Å²) in [6.07, 6.45) is 8.65. The van der Waals surface area contributed by atoms with Crippen LogP contribution in [-0.4, -0.2) is 37.0 Å². The Hall–Kier alpha value is -2.96. The van der Waals surface area contributed by atoms with E-state index in [1.54, 1.807) is 41.6 Å². The maximum atomic E-state index is 13.0. The monoisotopic (exact) mass is 323 g/mol. The minimum Gasteiger partial charge on any atom is -0.361 e. The topological polar surface area (TPSA) is 77.1 Å². The van der Waals surface area contributed by atoms with Crippen molar-refractivity contribution < 1.29 is 9.32 Å². The summed E-state index contributed by atoms with van der Waals surface area (Å²) < 4.78 is 6.95. The summed E-state index contributed by atoms with van der Waals surface area (Å²) >= 11 is 0. The molecule has 0 bridgehead atoms. The highest BCUT2D eigenvalue weighted by molar-refractivity contribution is 5.95. The van der Waals surface area contributed by atoms with Crippen LogP contribution < -0.4 is 0 Å².